The molecule has 0 spiro atoms. The van der Waals surface area contributed by atoms with Crippen molar-refractivity contribution < 1.29 is 4.79 Å². The van der Waals surface area contributed by atoms with Crippen molar-refractivity contribution in [3.05, 3.63) is 83.4 Å². The Balaban J connectivity index is 1.44. The van der Waals surface area contributed by atoms with Crippen LogP contribution in [0.1, 0.15) is 22.9 Å². The first-order valence-corrected chi connectivity index (χ1v) is 9.68. The van der Waals surface area contributed by atoms with E-state index in [9.17, 15) is 4.79 Å². The molecule has 4 aromatic rings. The molecular formula is C20H19N5OS. The van der Waals surface area contributed by atoms with Gasteiger partial charge in [-0.15, -0.1) is 11.3 Å². The van der Waals surface area contributed by atoms with Gasteiger partial charge < -0.3 is 5.32 Å². The molecule has 0 aliphatic heterocycles. The molecule has 0 bridgehead atoms. The van der Waals surface area contributed by atoms with Crippen LogP contribution in [-0.2, 0) is 17.6 Å². The quantitative estimate of drug-likeness (QED) is 0.538. The summed E-state index contributed by atoms with van der Waals surface area (Å²) in [6.45, 7) is 0.552. The van der Waals surface area contributed by atoms with Crippen LogP contribution in [0.5, 0.6) is 0 Å². The molecule has 0 aliphatic carbocycles. The maximum absolute atomic E-state index is 12.9. The molecule has 7 heteroatoms. The van der Waals surface area contributed by atoms with Gasteiger partial charge in [-0.3, -0.25) is 9.78 Å². The third-order valence-corrected chi connectivity index (χ3v) is 5.31. The first-order chi connectivity index (χ1) is 13.3. The van der Waals surface area contributed by atoms with E-state index in [1.54, 1.807) is 23.9 Å². The molecule has 0 saturated heterocycles. The molecule has 6 nitrogen and oxygen atoms in total. The van der Waals surface area contributed by atoms with Crippen molar-refractivity contribution in [2.45, 2.75) is 18.8 Å². The normalized spacial score (nSPS) is 12.1. The number of carbonyl (C=O) groups excluding carboxylic acids is 1. The highest BCUT2D eigenvalue weighted by molar-refractivity contribution is 7.15. The molecule has 1 unspecified atom stereocenters. The largest absolute Gasteiger partial charge is 0.355 e. The zero-order valence-corrected chi connectivity index (χ0v) is 15.5. The number of aromatic nitrogens is 4. The predicted octanol–water partition coefficient (Wildman–Crippen LogP) is 2.87. The lowest BCUT2D eigenvalue weighted by molar-refractivity contribution is -0.122. The van der Waals surface area contributed by atoms with Gasteiger partial charge in [-0.1, -0.05) is 36.4 Å². The monoisotopic (exact) mass is 377 g/mol. The number of hydrogen-bond donors (Lipinski definition) is 1. The van der Waals surface area contributed by atoms with E-state index < -0.39 is 0 Å². The molecule has 1 aromatic carbocycles. The molecule has 0 radical (unpaired) electrons. The lowest BCUT2D eigenvalue weighted by Crippen LogP contribution is -2.32. The van der Waals surface area contributed by atoms with Crippen molar-refractivity contribution in [3.63, 3.8) is 0 Å². The van der Waals surface area contributed by atoms with Crippen LogP contribution in [0.2, 0.25) is 0 Å². The van der Waals surface area contributed by atoms with Gasteiger partial charge in [-0.2, -0.15) is 5.10 Å². The number of pyridine rings is 1. The Hall–Kier alpha value is -3.06. The summed E-state index contributed by atoms with van der Waals surface area (Å²) in [5, 5.41) is 9.31. The van der Waals surface area contributed by atoms with E-state index in [-0.39, 0.29) is 11.8 Å². The average Bonchev–Trinajstić information content (AvgIpc) is 3.32. The first-order valence-electron chi connectivity index (χ1n) is 8.80. The van der Waals surface area contributed by atoms with Gasteiger partial charge in [-0.05, 0) is 17.7 Å². The third-order valence-electron chi connectivity index (χ3n) is 4.43. The van der Waals surface area contributed by atoms with E-state index in [0.717, 1.165) is 21.9 Å². The zero-order chi connectivity index (χ0) is 18.5. The topological polar surface area (TPSA) is 72.2 Å². The van der Waals surface area contributed by atoms with E-state index in [1.165, 1.54) is 0 Å². The van der Waals surface area contributed by atoms with Gasteiger partial charge in [0.1, 0.15) is 6.33 Å². The van der Waals surface area contributed by atoms with Crippen molar-refractivity contribution in [1.82, 2.24) is 24.9 Å². The number of carbonyl (C=O) groups is 1. The molecule has 27 heavy (non-hydrogen) atoms. The van der Waals surface area contributed by atoms with Gasteiger partial charge in [0.2, 0.25) is 10.9 Å². The summed E-state index contributed by atoms with van der Waals surface area (Å²) >= 11 is 1.55. The zero-order valence-electron chi connectivity index (χ0n) is 14.7. The number of amides is 1. The summed E-state index contributed by atoms with van der Waals surface area (Å²) in [5.74, 6) is -0.258. The van der Waals surface area contributed by atoms with Crippen LogP contribution in [0.4, 0.5) is 0 Å². The second-order valence-corrected chi connectivity index (χ2v) is 7.05. The van der Waals surface area contributed by atoms with Crippen LogP contribution in [0.25, 0.3) is 4.96 Å². The van der Waals surface area contributed by atoms with Crippen LogP contribution < -0.4 is 5.32 Å². The maximum Gasteiger partial charge on any atom is 0.227 e. The first kappa shape index (κ1) is 17.4. The summed E-state index contributed by atoms with van der Waals surface area (Å²) in [5.41, 5.74) is 2.95. The van der Waals surface area contributed by atoms with E-state index in [1.807, 2.05) is 58.4 Å². The fourth-order valence-corrected chi connectivity index (χ4v) is 3.89. The van der Waals surface area contributed by atoms with Crippen molar-refractivity contribution in [2.24, 2.45) is 0 Å². The number of hydrogen-bond acceptors (Lipinski definition) is 5. The number of benzene rings is 1. The van der Waals surface area contributed by atoms with Crippen LogP contribution >= 0.6 is 11.3 Å². The molecule has 1 atom stereocenters. The minimum absolute atomic E-state index is 0.0110. The van der Waals surface area contributed by atoms with Crippen molar-refractivity contribution >= 4 is 22.2 Å². The van der Waals surface area contributed by atoms with Crippen LogP contribution in [0.3, 0.4) is 0 Å². The lowest BCUT2D eigenvalue weighted by atomic mass is 9.93. The fraction of sp³-hybridized carbons (Fsp3) is 0.200. The van der Waals surface area contributed by atoms with Gasteiger partial charge in [-0.25, -0.2) is 9.50 Å². The van der Waals surface area contributed by atoms with E-state index >= 15 is 0 Å². The Morgan fingerprint density at radius 3 is 2.78 bits per heavy atom. The minimum atomic E-state index is -0.269. The van der Waals surface area contributed by atoms with Crippen LogP contribution in [0, 0.1) is 0 Å². The molecule has 0 aliphatic rings. The number of rotatable bonds is 7. The van der Waals surface area contributed by atoms with Crippen LogP contribution in [-0.4, -0.2) is 32.0 Å². The highest BCUT2D eigenvalue weighted by atomic mass is 32.1. The van der Waals surface area contributed by atoms with E-state index in [0.29, 0.717) is 19.4 Å². The number of fused-ring (bicyclic) bond motifs is 1. The summed E-state index contributed by atoms with van der Waals surface area (Å²) in [6.07, 6.45) is 4.59. The maximum atomic E-state index is 12.9. The van der Waals surface area contributed by atoms with Gasteiger partial charge in [0.15, 0.2) is 0 Å². The molecule has 136 valence electrons. The van der Waals surface area contributed by atoms with Gasteiger partial charge >= 0.3 is 0 Å². The summed E-state index contributed by atoms with van der Waals surface area (Å²) in [6, 6.07) is 15.6. The third kappa shape index (κ3) is 4.03. The van der Waals surface area contributed by atoms with Crippen molar-refractivity contribution in [2.75, 3.05) is 6.54 Å². The van der Waals surface area contributed by atoms with Gasteiger partial charge in [0.25, 0.3) is 0 Å². The standard InChI is InChI=1S/C20H19N5OS/c26-19(22-11-9-17-13-27-20-23-14-24-25(17)20)18(15-6-2-1-3-7-15)12-16-8-4-5-10-21-16/h1-8,10,13-14,18H,9,11-12H2,(H,22,26). The summed E-state index contributed by atoms with van der Waals surface area (Å²) in [4.78, 5) is 22.3. The second kappa shape index (κ2) is 8.09. The Labute approximate surface area is 160 Å². The Morgan fingerprint density at radius 1 is 1.11 bits per heavy atom. The summed E-state index contributed by atoms with van der Waals surface area (Å²) < 4.78 is 1.82. The molecule has 1 amide bonds. The molecule has 4 rings (SSSR count). The molecule has 0 saturated carbocycles. The average molecular weight is 377 g/mol. The Kier molecular flexibility index (Phi) is 5.20. The molecule has 3 heterocycles. The van der Waals surface area contributed by atoms with Crippen molar-refractivity contribution in [1.29, 1.82) is 0 Å². The highest BCUT2D eigenvalue weighted by Gasteiger charge is 2.21. The Morgan fingerprint density at radius 2 is 1.96 bits per heavy atom. The SMILES string of the molecule is O=C(NCCc1csc2ncnn12)C(Cc1ccccn1)c1ccccc1. The number of nitrogens with one attached hydrogen (secondary N) is 1. The van der Waals surface area contributed by atoms with Gasteiger partial charge in [0.05, 0.1) is 11.6 Å². The summed E-state index contributed by atoms with van der Waals surface area (Å²) in [7, 11) is 0. The Bertz CT molecular complexity index is 1010. The number of thiazole rings is 1. The minimum Gasteiger partial charge on any atom is -0.355 e. The smallest absolute Gasteiger partial charge is 0.227 e. The molecule has 1 N–H and O–H groups in total. The van der Waals surface area contributed by atoms with E-state index in [2.05, 4.69) is 20.4 Å². The predicted molar refractivity (Wildman–Crippen MR) is 105 cm³/mol. The fourth-order valence-electron chi connectivity index (χ4n) is 3.06. The molecular weight excluding hydrogens is 358 g/mol. The van der Waals surface area contributed by atoms with E-state index in [4.69, 9.17) is 0 Å². The number of nitrogens with zero attached hydrogens (tertiary/aromatic N) is 4. The van der Waals surface area contributed by atoms with Crippen LogP contribution in [0.15, 0.2) is 66.4 Å². The van der Waals surface area contributed by atoms with Crippen molar-refractivity contribution in [3.8, 4) is 0 Å². The lowest BCUT2D eigenvalue weighted by Gasteiger charge is -2.17. The highest BCUT2D eigenvalue weighted by Crippen LogP contribution is 2.20. The van der Waals surface area contributed by atoms with Gasteiger partial charge in [0, 0.05) is 36.7 Å². The molecule has 0 fully saturated rings. The second-order valence-electron chi connectivity index (χ2n) is 6.21. The molecule has 3 aromatic heterocycles.